The molecule has 3 heterocycles. The van der Waals surface area contributed by atoms with Crippen LogP contribution in [0.1, 0.15) is 46.1 Å². The van der Waals surface area contributed by atoms with Gasteiger partial charge < -0.3 is 0 Å². The SMILES string of the molecule is Cc1ccc(-c2csc(NC(=O)c3cc(C4CC4)nc4c3c(C)nn4C)n2)cc1. The minimum Gasteiger partial charge on any atom is -0.298 e. The smallest absolute Gasteiger partial charge is 0.258 e. The summed E-state index contributed by atoms with van der Waals surface area (Å²) in [7, 11) is 1.87. The van der Waals surface area contributed by atoms with E-state index in [0.717, 1.165) is 46.5 Å². The van der Waals surface area contributed by atoms with Crippen LogP contribution in [0, 0.1) is 13.8 Å². The Labute approximate surface area is 172 Å². The zero-order valence-electron chi connectivity index (χ0n) is 16.6. The van der Waals surface area contributed by atoms with Gasteiger partial charge in [0.1, 0.15) is 0 Å². The van der Waals surface area contributed by atoms with Gasteiger partial charge in [0.05, 0.1) is 22.3 Å². The van der Waals surface area contributed by atoms with Gasteiger partial charge in [-0.05, 0) is 32.8 Å². The van der Waals surface area contributed by atoms with Crippen molar-refractivity contribution in [1.82, 2.24) is 19.7 Å². The number of rotatable bonds is 4. The van der Waals surface area contributed by atoms with E-state index in [0.29, 0.717) is 16.6 Å². The fraction of sp³-hybridized carbons (Fsp3) is 0.273. The maximum absolute atomic E-state index is 13.2. The standard InChI is InChI=1S/C22H21N5OS/c1-12-4-6-15(7-5-12)18-11-29-22(24-18)25-21(28)16-10-17(14-8-9-14)23-20-19(16)13(2)26-27(20)3/h4-7,10-11,14H,8-9H2,1-3H3,(H,24,25,28). The Balaban J connectivity index is 1.48. The number of carbonyl (C=O) groups is 1. The Kier molecular flexibility index (Phi) is 4.20. The van der Waals surface area contributed by atoms with Gasteiger partial charge in [-0.1, -0.05) is 29.8 Å². The maximum atomic E-state index is 13.2. The first kappa shape index (κ1) is 18.0. The van der Waals surface area contributed by atoms with E-state index < -0.39 is 0 Å². The second kappa shape index (κ2) is 6.77. The average molecular weight is 404 g/mol. The van der Waals surface area contributed by atoms with Crippen LogP contribution in [0.2, 0.25) is 0 Å². The number of carbonyl (C=O) groups excluding carboxylic acids is 1. The molecule has 0 spiro atoms. The molecule has 0 aliphatic heterocycles. The molecular weight excluding hydrogens is 382 g/mol. The van der Waals surface area contributed by atoms with E-state index >= 15 is 0 Å². The Morgan fingerprint density at radius 1 is 1.17 bits per heavy atom. The molecule has 0 unspecified atom stereocenters. The van der Waals surface area contributed by atoms with Gasteiger partial charge in [-0.2, -0.15) is 5.10 Å². The Bertz CT molecular complexity index is 1230. The second-order valence-electron chi connectivity index (χ2n) is 7.63. The molecule has 1 amide bonds. The summed E-state index contributed by atoms with van der Waals surface area (Å²) in [5.74, 6) is 0.286. The fourth-order valence-corrected chi connectivity index (χ4v) is 4.30. The number of thiazole rings is 1. The van der Waals surface area contributed by atoms with E-state index in [4.69, 9.17) is 4.98 Å². The lowest BCUT2D eigenvalue weighted by Gasteiger charge is -2.07. The summed E-state index contributed by atoms with van der Waals surface area (Å²) in [6, 6.07) is 10.1. The molecule has 29 heavy (non-hydrogen) atoms. The molecule has 7 heteroatoms. The van der Waals surface area contributed by atoms with E-state index in [1.807, 2.05) is 37.6 Å². The lowest BCUT2D eigenvalue weighted by molar-refractivity contribution is 0.102. The number of benzene rings is 1. The summed E-state index contributed by atoms with van der Waals surface area (Å²) in [5.41, 5.74) is 6.27. The van der Waals surface area contributed by atoms with Crippen molar-refractivity contribution in [2.75, 3.05) is 5.32 Å². The quantitative estimate of drug-likeness (QED) is 0.529. The summed E-state index contributed by atoms with van der Waals surface area (Å²) in [5, 5.41) is 10.8. The first-order chi connectivity index (χ1) is 14.0. The molecule has 1 aliphatic carbocycles. The molecule has 4 aromatic rings. The highest BCUT2D eigenvalue weighted by Crippen LogP contribution is 2.40. The molecule has 1 N–H and O–H groups in total. The molecule has 0 radical (unpaired) electrons. The lowest BCUT2D eigenvalue weighted by Crippen LogP contribution is -2.13. The third-order valence-corrected chi connectivity index (χ3v) is 6.06. The molecule has 6 nitrogen and oxygen atoms in total. The number of hydrogen-bond donors (Lipinski definition) is 1. The van der Waals surface area contributed by atoms with E-state index in [9.17, 15) is 4.79 Å². The number of aromatic nitrogens is 4. The molecule has 1 aromatic carbocycles. The van der Waals surface area contributed by atoms with Gasteiger partial charge >= 0.3 is 0 Å². The van der Waals surface area contributed by atoms with Crippen LogP contribution in [0.25, 0.3) is 22.3 Å². The molecule has 1 aliphatic rings. The van der Waals surface area contributed by atoms with Crippen molar-refractivity contribution in [3.8, 4) is 11.3 Å². The lowest BCUT2D eigenvalue weighted by atomic mass is 10.1. The highest BCUT2D eigenvalue weighted by atomic mass is 32.1. The third-order valence-electron chi connectivity index (χ3n) is 5.30. The predicted molar refractivity (Wildman–Crippen MR) is 115 cm³/mol. The van der Waals surface area contributed by atoms with Crippen LogP contribution >= 0.6 is 11.3 Å². The second-order valence-corrected chi connectivity index (χ2v) is 8.49. The van der Waals surface area contributed by atoms with Gasteiger partial charge in [0, 0.05) is 29.6 Å². The van der Waals surface area contributed by atoms with E-state index in [1.54, 1.807) is 4.68 Å². The van der Waals surface area contributed by atoms with Crippen LogP contribution in [0.15, 0.2) is 35.7 Å². The Morgan fingerprint density at radius 3 is 2.66 bits per heavy atom. The molecular formula is C22H21N5OS. The van der Waals surface area contributed by atoms with Crippen LogP contribution in [0.4, 0.5) is 5.13 Å². The van der Waals surface area contributed by atoms with Gasteiger partial charge in [0.15, 0.2) is 10.8 Å². The Hall–Kier alpha value is -3.06. The van der Waals surface area contributed by atoms with Crippen LogP contribution < -0.4 is 5.32 Å². The number of hydrogen-bond acceptors (Lipinski definition) is 5. The molecule has 0 saturated heterocycles. The topological polar surface area (TPSA) is 72.7 Å². The highest BCUT2D eigenvalue weighted by molar-refractivity contribution is 7.14. The first-order valence-corrected chi connectivity index (χ1v) is 10.6. The van der Waals surface area contributed by atoms with Crippen molar-refractivity contribution in [3.63, 3.8) is 0 Å². The number of fused-ring (bicyclic) bond motifs is 1. The van der Waals surface area contributed by atoms with Gasteiger partial charge in [-0.3, -0.25) is 14.8 Å². The predicted octanol–water partition coefficient (Wildman–Crippen LogP) is 4.84. The summed E-state index contributed by atoms with van der Waals surface area (Å²) >= 11 is 1.43. The van der Waals surface area contributed by atoms with Crippen LogP contribution in [0.5, 0.6) is 0 Å². The van der Waals surface area contributed by atoms with Gasteiger partial charge in [0.2, 0.25) is 0 Å². The van der Waals surface area contributed by atoms with Crippen molar-refractivity contribution in [3.05, 3.63) is 58.2 Å². The van der Waals surface area contributed by atoms with Crippen LogP contribution in [-0.2, 0) is 7.05 Å². The monoisotopic (exact) mass is 403 g/mol. The van der Waals surface area contributed by atoms with E-state index in [-0.39, 0.29) is 5.91 Å². The molecule has 146 valence electrons. The third kappa shape index (κ3) is 3.31. The molecule has 5 rings (SSSR count). The number of amides is 1. The van der Waals surface area contributed by atoms with Gasteiger partial charge in [-0.15, -0.1) is 11.3 Å². The number of anilines is 1. The number of aryl methyl sites for hydroxylation is 3. The number of nitrogens with zero attached hydrogens (tertiary/aromatic N) is 4. The molecule has 0 atom stereocenters. The van der Waals surface area contributed by atoms with Gasteiger partial charge in [0.25, 0.3) is 5.91 Å². The van der Waals surface area contributed by atoms with Crippen molar-refractivity contribution in [2.24, 2.45) is 7.05 Å². The fourth-order valence-electron chi connectivity index (χ4n) is 3.58. The largest absolute Gasteiger partial charge is 0.298 e. The van der Waals surface area contributed by atoms with Crippen LogP contribution in [-0.4, -0.2) is 25.7 Å². The van der Waals surface area contributed by atoms with Crippen molar-refractivity contribution in [1.29, 1.82) is 0 Å². The Morgan fingerprint density at radius 2 is 1.93 bits per heavy atom. The van der Waals surface area contributed by atoms with Crippen molar-refractivity contribution < 1.29 is 4.79 Å². The van der Waals surface area contributed by atoms with Crippen molar-refractivity contribution >= 4 is 33.4 Å². The summed E-state index contributed by atoms with van der Waals surface area (Å²) in [6.07, 6.45) is 2.26. The summed E-state index contributed by atoms with van der Waals surface area (Å²) < 4.78 is 1.76. The zero-order chi connectivity index (χ0) is 20.1. The summed E-state index contributed by atoms with van der Waals surface area (Å²) in [4.78, 5) is 22.5. The highest BCUT2D eigenvalue weighted by Gasteiger charge is 2.28. The number of nitrogens with one attached hydrogen (secondary N) is 1. The molecule has 0 bridgehead atoms. The van der Waals surface area contributed by atoms with Crippen LogP contribution in [0.3, 0.4) is 0 Å². The first-order valence-electron chi connectivity index (χ1n) is 9.68. The molecule has 1 saturated carbocycles. The van der Waals surface area contributed by atoms with Crippen molar-refractivity contribution in [2.45, 2.75) is 32.6 Å². The van der Waals surface area contributed by atoms with E-state index in [1.165, 1.54) is 16.9 Å². The zero-order valence-corrected chi connectivity index (χ0v) is 17.4. The average Bonchev–Trinajstić information content (AvgIpc) is 3.39. The molecule has 1 fully saturated rings. The maximum Gasteiger partial charge on any atom is 0.258 e. The minimum absolute atomic E-state index is 0.166. The minimum atomic E-state index is -0.166. The summed E-state index contributed by atoms with van der Waals surface area (Å²) in [6.45, 7) is 3.97. The molecule has 3 aromatic heterocycles. The number of pyridine rings is 1. The van der Waals surface area contributed by atoms with Gasteiger partial charge in [-0.25, -0.2) is 9.97 Å². The normalized spacial score (nSPS) is 13.8. The van der Waals surface area contributed by atoms with E-state index in [2.05, 4.69) is 34.5 Å².